The van der Waals surface area contributed by atoms with Gasteiger partial charge in [-0.1, -0.05) is 35.3 Å². The zero-order valence-corrected chi connectivity index (χ0v) is 15.7. The highest BCUT2D eigenvalue weighted by Crippen LogP contribution is 2.35. The van der Waals surface area contributed by atoms with E-state index in [0.29, 0.717) is 0 Å². The van der Waals surface area contributed by atoms with Gasteiger partial charge < -0.3 is 9.47 Å². The smallest absolute Gasteiger partial charge is 0.326 e. The van der Waals surface area contributed by atoms with Crippen molar-refractivity contribution in [3.05, 3.63) is 52.5 Å². The normalized spacial score (nSPS) is 11.0. The molecule has 0 aliphatic carbocycles. The van der Waals surface area contributed by atoms with Crippen LogP contribution in [0.25, 0.3) is 0 Å². The first kappa shape index (κ1) is 19.4. The van der Waals surface area contributed by atoms with Gasteiger partial charge in [-0.25, -0.2) is 8.42 Å². The second kappa shape index (κ2) is 7.95. The predicted molar refractivity (Wildman–Crippen MR) is 96.0 cm³/mol. The molecular formula is C16H15Cl2NO5S. The lowest BCUT2D eigenvalue weighted by atomic mass is 10.3. The Balaban J connectivity index is 2.66. The maximum atomic E-state index is 13.1. The molecule has 0 fully saturated rings. The molecule has 2 rings (SSSR count). The largest absolute Gasteiger partial charge is 0.495 e. The molecule has 134 valence electrons. The molecule has 9 heteroatoms. The molecule has 2 aromatic carbocycles. The summed E-state index contributed by atoms with van der Waals surface area (Å²) in [5.74, 6) is -0.472. The minimum absolute atomic E-state index is 0.0193. The Kier molecular flexibility index (Phi) is 6.16. The molecule has 0 saturated carbocycles. The first-order chi connectivity index (χ1) is 11.8. The molecule has 0 bridgehead atoms. The van der Waals surface area contributed by atoms with Crippen LogP contribution in [0.3, 0.4) is 0 Å². The Morgan fingerprint density at radius 1 is 1.12 bits per heavy atom. The van der Waals surface area contributed by atoms with Crippen LogP contribution in [0, 0.1) is 0 Å². The SMILES string of the molecule is COC(=O)CN(c1ccccc1OC)S(=O)(=O)c1cc(Cl)ccc1Cl. The Morgan fingerprint density at radius 2 is 1.80 bits per heavy atom. The van der Waals surface area contributed by atoms with Crippen LogP contribution in [0.5, 0.6) is 5.75 Å². The molecule has 0 spiro atoms. The van der Waals surface area contributed by atoms with Crippen molar-refractivity contribution in [1.82, 2.24) is 0 Å². The van der Waals surface area contributed by atoms with E-state index in [1.54, 1.807) is 18.2 Å². The van der Waals surface area contributed by atoms with Crippen LogP contribution < -0.4 is 9.04 Å². The molecule has 0 amide bonds. The molecule has 6 nitrogen and oxygen atoms in total. The van der Waals surface area contributed by atoms with Crippen LogP contribution in [0.15, 0.2) is 47.4 Å². The molecule has 25 heavy (non-hydrogen) atoms. The lowest BCUT2D eigenvalue weighted by Crippen LogP contribution is -2.36. The van der Waals surface area contributed by atoms with Crippen molar-refractivity contribution in [1.29, 1.82) is 0 Å². The highest BCUT2D eigenvalue weighted by molar-refractivity contribution is 7.93. The third-order valence-electron chi connectivity index (χ3n) is 3.32. The number of hydrogen-bond acceptors (Lipinski definition) is 5. The third-order valence-corrected chi connectivity index (χ3v) is 5.79. The number of carbonyl (C=O) groups is 1. The number of carbonyl (C=O) groups excluding carboxylic acids is 1. The molecule has 2 aromatic rings. The number of hydrogen-bond donors (Lipinski definition) is 0. The zero-order chi connectivity index (χ0) is 18.6. The predicted octanol–water partition coefficient (Wildman–Crippen LogP) is 3.37. The molecule has 0 aliphatic rings. The number of rotatable bonds is 6. The topological polar surface area (TPSA) is 72.9 Å². The van der Waals surface area contributed by atoms with E-state index in [0.717, 1.165) is 4.31 Å². The van der Waals surface area contributed by atoms with Gasteiger partial charge in [0.1, 0.15) is 17.2 Å². The highest BCUT2D eigenvalue weighted by atomic mass is 35.5. The van der Waals surface area contributed by atoms with Crippen molar-refractivity contribution < 1.29 is 22.7 Å². The lowest BCUT2D eigenvalue weighted by molar-refractivity contribution is -0.138. The Morgan fingerprint density at radius 3 is 2.44 bits per heavy atom. The fraction of sp³-hybridized carbons (Fsp3) is 0.188. The number of benzene rings is 2. The summed E-state index contributed by atoms with van der Waals surface area (Å²) in [6, 6.07) is 10.5. The van der Waals surface area contributed by atoms with Crippen LogP contribution >= 0.6 is 23.2 Å². The molecule has 0 saturated heterocycles. The fourth-order valence-electron chi connectivity index (χ4n) is 2.11. The van der Waals surface area contributed by atoms with Crippen molar-refractivity contribution in [3.63, 3.8) is 0 Å². The minimum Gasteiger partial charge on any atom is -0.495 e. The first-order valence-corrected chi connectivity index (χ1v) is 9.18. The Hall–Kier alpha value is -1.96. The second-order valence-corrected chi connectivity index (χ2v) is 7.51. The second-order valence-electron chi connectivity index (χ2n) is 4.83. The van der Waals surface area contributed by atoms with Gasteiger partial charge in [0.15, 0.2) is 0 Å². The van der Waals surface area contributed by atoms with E-state index >= 15 is 0 Å². The number of esters is 1. The van der Waals surface area contributed by atoms with Crippen molar-refractivity contribution in [3.8, 4) is 5.75 Å². The summed E-state index contributed by atoms with van der Waals surface area (Å²) in [6.07, 6.45) is 0. The molecule has 0 unspecified atom stereocenters. The summed E-state index contributed by atoms with van der Waals surface area (Å²) in [5.41, 5.74) is 0.173. The molecule has 0 aromatic heterocycles. The van der Waals surface area contributed by atoms with Crippen LogP contribution in [0.4, 0.5) is 5.69 Å². The number of halogens is 2. The average Bonchev–Trinajstić information content (AvgIpc) is 2.61. The Labute approximate surface area is 155 Å². The lowest BCUT2D eigenvalue weighted by Gasteiger charge is -2.25. The van der Waals surface area contributed by atoms with Gasteiger partial charge in [0, 0.05) is 5.02 Å². The quantitative estimate of drug-likeness (QED) is 0.691. The highest BCUT2D eigenvalue weighted by Gasteiger charge is 2.31. The summed E-state index contributed by atoms with van der Waals surface area (Å²) >= 11 is 12.0. The summed E-state index contributed by atoms with van der Waals surface area (Å²) in [6.45, 7) is -0.554. The van der Waals surface area contributed by atoms with Crippen LogP contribution in [0.1, 0.15) is 0 Å². The molecule has 0 aliphatic heterocycles. The van der Waals surface area contributed by atoms with Crippen LogP contribution in [-0.4, -0.2) is 35.2 Å². The van der Waals surface area contributed by atoms with Gasteiger partial charge in [0.25, 0.3) is 10.0 Å². The Bertz CT molecular complexity index is 886. The van der Waals surface area contributed by atoms with E-state index < -0.39 is 22.5 Å². The van der Waals surface area contributed by atoms with E-state index in [4.69, 9.17) is 27.9 Å². The van der Waals surface area contributed by atoms with E-state index in [1.807, 2.05) is 0 Å². The number of ether oxygens (including phenoxy) is 2. The van der Waals surface area contributed by atoms with Crippen LogP contribution in [-0.2, 0) is 19.6 Å². The van der Waals surface area contributed by atoms with Crippen molar-refractivity contribution in [2.75, 3.05) is 25.1 Å². The average molecular weight is 404 g/mol. The number of methoxy groups -OCH3 is 2. The van der Waals surface area contributed by atoms with Crippen molar-refractivity contribution in [2.24, 2.45) is 0 Å². The third kappa shape index (κ3) is 4.18. The number of para-hydroxylation sites is 2. The maximum Gasteiger partial charge on any atom is 0.326 e. The fourth-order valence-corrected chi connectivity index (χ4v) is 4.27. The molecule has 0 N–H and O–H groups in total. The van der Waals surface area contributed by atoms with Gasteiger partial charge in [-0.2, -0.15) is 0 Å². The number of anilines is 1. The summed E-state index contributed by atoms with van der Waals surface area (Å²) in [7, 11) is -1.64. The van der Waals surface area contributed by atoms with E-state index in [9.17, 15) is 13.2 Å². The van der Waals surface area contributed by atoms with E-state index in [1.165, 1.54) is 38.5 Å². The molecule has 0 atom stereocenters. The van der Waals surface area contributed by atoms with Gasteiger partial charge in [0.05, 0.1) is 24.9 Å². The van der Waals surface area contributed by atoms with Crippen molar-refractivity contribution >= 4 is 44.9 Å². The van der Waals surface area contributed by atoms with Gasteiger partial charge in [0.2, 0.25) is 0 Å². The number of nitrogens with zero attached hydrogens (tertiary/aromatic N) is 1. The minimum atomic E-state index is -4.21. The summed E-state index contributed by atoms with van der Waals surface area (Å²) in [4.78, 5) is 11.6. The summed E-state index contributed by atoms with van der Waals surface area (Å²) < 4.78 is 37.0. The van der Waals surface area contributed by atoms with Crippen molar-refractivity contribution in [2.45, 2.75) is 4.90 Å². The van der Waals surface area contributed by atoms with Gasteiger partial charge in [-0.15, -0.1) is 0 Å². The standard InChI is InChI=1S/C16H15Cl2NO5S/c1-23-14-6-4-3-5-13(14)19(10-16(20)24-2)25(21,22)15-9-11(17)7-8-12(15)18/h3-9H,10H2,1-2H3. The van der Waals surface area contributed by atoms with E-state index in [-0.39, 0.29) is 26.4 Å². The molecule has 0 heterocycles. The first-order valence-electron chi connectivity index (χ1n) is 6.99. The molecule has 0 radical (unpaired) electrons. The van der Waals surface area contributed by atoms with Gasteiger partial charge >= 0.3 is 5.97 Å². The van der Waals surface area contributed by atoms with Crippen LogP contribution in [0.2, 0.25) is 10.0 Å². The summed E-state index contributed by atoms with van der Waals surface area (Å²) in [5, 5.41) is 0.176. The monoisotopic (exact) mass is 403 g/mol. The van der Waals surface area contributed by atoms with Gasteiger partial charge in [-0.3, -0.25) is 9.10 Å². The zero-order valence-electron chi connectivity index (χ0n) is 13.4. The van der Waals surface area contributed by atoms with Gasteiger partial charge in [-0.05, 0) is 30.3 Å². The van der Waals surface area contributed by atoms with E-state index in [2.05, 4.69) is 4.74 Å². The number of sulfonamides is 1. The molecular weight excluding hydrogens is 389 g/mol. The maximum absolute atomic E-state index is 13.1.